The molecule has 1 N–H and O–H groups in total. The van der Waals surface area contributed by atoms with Crippen molar-refractivity contribution in [2.75, 3.05) is 13.2 Å². The quantitative estimate of drug-likeness (QED) is 0.570. The second-order valence-electron chi connectivity index (χ2n) is 6.46. The number of hydrogen-bond donors (Lipinski definition) is 1. The molecule has 0 heterocycles. The molecule has 1 unspecified atom stereocenters. The third-order valence-electron chi connectivity index (χ3n) is 3.92. The number of ether oxygens (including phenoxy) is 2. The highest BCUT2D eigenvalue weighted by Gasteiger charge is 2.17. The van der Waals surface area contributed by atoms with Crippen LogP contribution in [0, 0.1) is 0 Å². The van der Waals surface area contributed by atoms with Gasteiger partial charge in [0.15, 0.2) is 0 Å². The van der Waals surface area contributed by atoms with Gasteiger partial charge in [-0.25, -0.2) is 4.79 Å². The lowest BCUT2D eigenvalue weighted by atomic mass is 10.2. The molecule has 27 heavy (non-hydrogen) atoms. The summed E-state index contributed by atoms with van der Waals surface area (Å²) in [5, 5.41) is 10.1. The Morgan fingerprint density at radius 3 is 2.15 bits per heavy atom. The number of carbonyl (C=O) groups is 2. The standard InChI is InChI=1S/C21H25NO5/c1-15(2)22(16(3)23)13-18(24)14-26-19-9-11-20(12-10-19)27-21(25)17-7-5-4-6-8-17/h4-12,15,18,24H,13-14H2,1-3H3. The molecule has 0 saturated carbocycles. The molecule has 0 radical (unpaired) electrons. The van der Waals surface area contributed by atoms with E-state index in [1.165, 1.54) is 6.92 Å². The maximum Gasteiger partial charge on any atom is 0.343 e. The summed E-state index contributed by atoms with van der Waals surface area (Å²) in [6, 6.07) is 15.3. The molecule has 1 amide bonds. The number of amides is 1. The molecule has 2 aromatic carbocycles. The van der Waals surface area contributed by atoms with E-state index >= 15 is 0 Å². The smallest absolute Gasteiger partial charge is 0.343 e. The van der Waals surface area contributed by atoms with Crippen LogP contribution in [0.4, 0.5) is 0 Å². The summed E-state index contributed by atoms with van der Waals surface area (Å²) in [6.07, 6.45) is -0.799. The van der Waals surface area contributed by atoms with Crippen LogP contribution in [0.3, 0.4) is 0 Å². The first-order chi connectivity index (χ1) is 12.9. The van der Waals surface area contributed by atoms with Crippen LogP contribution in [0.5, 0.6) is 11.5 Å². The number of rotatable bonds is 8. The van der Waals surface area contributed by atoms with Crippen LogP contribution in [0.1, 0.15) is 31.1 Å². The van der Waals surface area contributed by atoms with Crippen molar-refractivity contribution < 1.29 is 24.2 Å². The Hall–Kier alpha value is -2.86. The number of esters is 1. The largest absolute Gasteiger partial charge is 0.491 e. The van der Waals surface area contributed by atoms with E-state index in [-0.39, 0.29) is 25.1 Å². The molecule has 2 rings (SSSR count). The van der Waals surface area contributed by atoms with Gasteiger partial charge in [0.2, 0.25) is 5.91 Å². The summed E-state index contributed by atoms with van der Waals surface area (Å²) in [5.41, 5.74) is 0.473. The lowest BCUT2D eigenvalue weighted by Gasteiger charge is -2.27. The zero-order valence-corrected chi connectivity index (χ0v) is 15.8. The Morgan fingerprint density at radius 2 is 1.59 bits per heavy atom. The van der Waals surface area contributed by atoms with Crippen molar-refractivity contribution in [3.05, 3.63) is 60.2 Å². The predicted octanol–water partition coefficient (Wildman–Crippen LogP) is 2.90. The lowest BCUT2D eigenvalue weighted by molar-refractivity contribution is -0.132. The van der Waals surface area contributed by atoms with Gasteiger partial charge >= 0.3 is 5.97 Å². The second-order valence-corrected chi connectivity index (χ2v) is 6.46. The average molecular weight is 371 g/mol. The molecular formula is C21H25NO5. The summed E-state index contributed by atoms with van der Waals surface area (Å²) in [7, 11) is 0. The first kappa shape index (κ1) is 20.5. The minimum Gasteiger partial charge on any atom is -0.491 e. The van der Waals surface area contributed by atoms with Gasteiger partial charge in [0.05, 0.1) is 12.1 Å². The Bertz CT molecular complexity index is 743. The van der Waals surface area contributed by atoms with E-state index in [0.29, 0.717) is 17.1 Å². The minimum absolute atomic E-state index is 0.00994. The van der Waals surface area contributed by atoms with E-state index in [1.54, 1.807) is 53.4 Å². The normalized spacial score (nSPS) is 11.7. The highest BCUT2D eigenvalue weighted by Crippen LogP contribution is 2.19. The van der Waals surface area contributed by atoms with Gasteiger partial charge in [0.1, 0.15) is 24.2 Å². The van der Waals surface area contributed by atoms with E-state index in [4.69, 9.17) is 9.47 Å². The fourth-order valence-corrected chi connectivity index (χ4v) is 2.52. The predicted molar refractivity (Wildman–Crippen MR) is 102 cm³/mol. The van der Waals surface area contributed by atoms with Crippen LogP contribution in [0.2, 0.25) is 0 Å². The van der Waals surface area contributed by atoms with Crippen LogP contribution in [0.15, 0.2) is 54.6 Å². The summed E-state index contributed by atoms with van der Waals surface area (Å²) in [4.78, 5) is 25.1. The number of aliphatic hydroxyl groups excluding tert-OH is 1. The maximum absolute atomic E-state index is 12.0. The topological polar surface area (TPSA) is 76.1 Å². The van der Waals surface area contributed by atoms with Gasteiger partial charge in [0.25, 0.3) is 0 Å². The van der Waals surface area contributed by atoms with E-state index < -0.39 is 12.1 Å². The Morgan fingerprint density at radius 1 is 1.00 bits per heavy atom. The minimum atomic E-state index is -0.799. The van der Waals surface area contributed by atoms with Gasteiger partial charge in [-0.1, -0.05) is 18.2 Å². The molecular weight excluding hydrogens is 346 g/mol. The van der Waals surface area contributed by atoms with Gasteiger partial charge < -0.3 is 19.5 Å². The summed E-state index contributed by atoms with van der Waals surface area (Å²) in [6.45, 7) is 5.53. The van der Waals surface area contributed by atoms with Gasteiger partial charge in [-0.15, -0.1) is 0 Å². The molecule has 6 nitrogen and oxygen atoms in total. The summed E-state index contributed by atoms with van der Waals surface area (Å²) < 4.78 is 10.8. The average Bonchev–Trinajstić information content (AvgIpc) is 2.65. The molecule has 0 fully saturated rings. The van der Waals surface area contributed by atoms with Crippen molar-refractivity contribution in [3.63, 3.8) is 0 Å². The molecule has 0 spiro atoms. The van der Waals surface area contributed by atoms with Crippen molar-refractivity contribution in [1.82, 2.24) is 4.90 Å². The molecule has 0 aliphatic heterocycles. The van der Waals surface area contributed by atoms with Crippen LogP contribution < -0.4 is 9.47 Å². The zero-order chi connectivity index (χ0) is 19.8. The first-order valence-electron chi connectivity index (χ1n) is 8.82. The molecule has 2 aromatic rings. The van der Waals surface area contributed by atoms with Crippen molar-refractivity contribution in [1.29, 1.82) is 0 Å². The lowest BCUT2D eigenvalue weighted by Crippen LogP contribution is -2.42. The molecule has 144 valence electrons. The fourth-order valence-electron chi connectivity index (χ4n) is 2.52. The van der Waals surface area contributed by atoms with E-state index in [9.17, 15) is 14.7 Å². The molecule has 1 atom stereocenters. The Labute approximate surface area is 159 Å². The Balaban J connectivity index is 1.85. The first-order valence-corrected chi connectivity index (χ1v) is 8.82. The third kappa shape index (κ3) is 6.42. The number of benzene rings is 2. The highest BCUT2D eigenvalue weighted by atomic mass is 16.5. The SMILES string of the molecule is CC(=O)N(CC(O)COc1ccc(OC(=O)c2ccccc2)cc1)C(C)C. The third-order valence-corrected chi connectivity index (χ3v) is 3.92. The zero-order valence-electron chi connectivity index (χ0n) is 15.8. The van der Waals surface area contributed by atoms with Crippen LogP contribution in [-0.2, 0) is 4.79 Å². The van der Waals surface area contributed by atoms with Crippen molar-refractivity contribution >= 4 is 11.9 Å². The van der Waals surface area contributed by atoms with Gasteiger partial charge in [-0.05, 0) is 50.2 Å². The Kier molecular flexibility index (Phi) is 7.37. The number of nitrogens with zero attached hydrogens (tertiary/aromatic N) is 1. The van der Waals surface area contributed by atoms with Crippen molar-refractivity contribution in [2.45, 2.75) is 32.9 Å². The van der Waals surface area contributed by atoms with E-state index in [0.717, 1.165) is 0 Å². The van der Waals surface area contributed by atoms with E-state index in [2.05, 4.69) is 0 Å². The molecule has 0 aliphatic rings. The molecule has 0 saturated heterocycles. The fraction of sp³-hybridized carbons (Fsp3) is 0.333. The second kappa shape index (κ2) is 9.73. The number of hydrogen-bond acceptors (Lipinski definition) is 5. The molecule has 0 bridgehead atoms. The number of aliphatic hydroxyl groups is 1. The maximum atomic E-state index is 12.0. The van der Waals surface area contributed by atoms with Crippen LogP contribution in [-0.4, -0.2) is 47.2 Å². The monoisotopic (exact) mass is 371 g/mol. The van der Waals surface area contributed by atoms with Crippen LogP contribution in [0.25, 0.3) is 0 Å². The molecule has 0 aromatic heterocycles. The molecule has 0 aliphatic carbocycles. The highest BCUT2D eigenvalue weighted by molar-refractivity contribution is 5.90. The van der Waals surface area contributed by atoms with Gasteiger partial charge in [-0.2, -0.15) is 0 Å². The number of carbonyl (C=O) groups excluding carboxylic acids is 2. The molecule has 6 heteroatoms. The van der Waals surface area contributed by atoms with E-state index in [1.807, 2.05) is 19.9 Å². The van der Waals surface area contributed by atoms with Crippen LogP contribution >= 0.6 is 0 Å². The van der Waals surface area contributed by atoms with Gasteiger partial charge in [-0.3, -0.25) is 4.79 Å². The van der Waals surface area contributed by atoms with Gasteiger partial charge in [0, 0.05) is 13.0 Å². The van der Waals surface area contributed by atoms with Crippen molar-refractivity contribution in [3.8, 4) is 11.5 Å². The summed E-state index contributed by atoms with van der Waals surface area (Å²) in [5.74, 6) is 0.415. The summed E-state index contributed by atoms with van der Waals surface area (Å²) >= 11 is 0. The van der Waals surface area contributed by atoms with Crippen molar-refractivity contribution in [2.24, 2.45) is 0 Å².